The van der Waals surface area contributed by atoms with Gasteiger partial charge >= 0.3 is 0 Å². The third kappa shape index (κ3) is 4.56. The first-order chi connectivity index (χ1) is 10.2. The zero-order chi connectivity index (χ0) is 15.1. The first-order valence-corrected chi connectivity index (χ1v) is 7.03. The van der Waals surface area contributed by atoms with Gasteiger partial charge in [0.15, 0.2) is 0 Å². The maximum Gasteiger partial charge on any atom is 0.242 e. The summed E-state index contributed by atoms with van der Waals surface area (Å²) in [6.45, 7) is 5.41. The molecule has 0 aliphatic rings. The van der Waals surface area contributed by atoms with Crippen LogP contribution in [-0.2, 0) is 11.3 Å². The van der Waals surface area contributed by atoms with Crippen molar-refractivity contribution in [3.63, 3.8) is 0 Å². The minimum Gasteiger partial charge on any atom is -0.361 e. The van der Waals surface area contributed by atoms with Crippen LogP contribution in [0.5, 0.6) is 0 Å². The molecule has 1 aromatic heterocycles. The molecule has 0 unspecified atom stereocenters. The van der Waals surface area contributed by atoms with Crippen molar-refractivity contribution in [2.45, 2.75) is 20.4 Å². The van der Waals surface area contributed by atoms with Gasteiger partial charge in [-0.15, -0.1) is 0 Å². The van der Waals surface area contributed by atoms with Crippen LogP contribution in [0.2, 0.25) is 0 Å². The van der Waals surface area contributed by atoms with E-state index < -0.39 is 0 Å². The number of anilines is 1. The summed E-state index contributed by atoms with van der Waals surface area (Å²) >= 11 is 0. The van der Waals surface area contributed by atoms with Gasteiger partial charge in [-0.25, -0.2) is 9.97 Å². The minimum absolute atomic E-state index is 0.0534. The Morgan fingerprint density at radius 1 is 1.24 bits per heavy atom. The summed E-state index contributed by atoms with van der Waals surface area (Å²) in [5.41, 5.74) is 2.00. The van der Waals surface area contributed by atoms with Crippen LogP contribution >= 0.6 is 0 Å². The zero-order valence-electron chi connectivity index (χ0n) is 12.4. The van der Waals surface area contributed by atoms with Gasteiger partial charge in [-0.3, -0.25) is 4.79 Å². The van der Waals surface area contributed by atoms with Gasteiger partial charge < -0.3 is 10.2 Å². The zero-order valence-corrected chi connectivity index (χ0v) is 12.4. The van der Waals surface area contributed by atoms with E-state index in [1.807, 2.05) is 55.1 Å². The molecule has 1 heterocycles. The Kier molecular flexibility index (Phi) is 5.26. The van der Waals surface area contributed by atoms with Crippen molar-refractivity contribution >= 4 is 11.7 Å². The van der Waals surface area contributed by atoms with E-state index in [0.29, 0.717) is 18.9 Å². The lowest BCUT2D eigenvalue weighted by molar-refractivity contribution is -0.129. The standard InChI is InChI=1S/C16H20N4O/c1-3-20(11-14-7-5-4-6-8-14)16(21)10-17-15-9-13(2)18-12-19-15/h4-9,12H,3,10-11H2,1-2H3,(H,17,18,19). The van der Waals surface area contributed by atoms with E-state index in [1.165, 1.54) is 6.33 Å². The van der Waals surface area contributed by atoms with Gasteiger partial charge in [0.25, 0.3) is 0 Å². The van der Waals surface area contributed by atoms with E-state index in [9.17, 15) is 4.79 Å². The number of likely N-dealkylation sites (N-methyl/N-ethyl adjacent to an activating group) is 1. The van der Waals surface area contributed by atoms with Gasteiger partial charge in [0.1, 0.15) is 12.1 Å². The van der Waals surface area contributed by atoms with Crippen molar-refractivity contribution in [2.24, 2.45) is 0 Å². The van der Waals surface area contributed by atoms with Gasteiger partial charge in [0.2, 0.25) is 5.91 Å². The molecular formula is C16H20N4O. The predicted molar refractivity (Wildman–Crippen MR) is 82.8 cm³/mol. The highest BCUT2D eigenvalue weighted by Crippen LogP contribution is 2.06. The van der Waals surface area contributed by atoms with Gasteiger partial charge in [0.05, 0.1) is 6.54 Å². The molecule has 0 atom stereocenters. The number of benzene rings is 1. The van der Waals surface area contributed by atoms with Crippen LogP contribution < -0.4 is 5.32 Å². The second-order valence-electron chi connectivity index (χ2n) is 4.79. The fraction of sp³-hybridized carbons (Fsp3) is 0.312. The lowest BCUT2D eigenvalue weighted by Gasteiger charge is -2.21. The van der Waals surface area contributed by atoms with Crippen LogP contribution in [0.3, 0.4) is 0 Å². The average molecular weight is 284 g/mol. The quantitative estimate of drug-likeness (QED) is 0.884. The van der Waals surface area contributed by atoms with Crippen molar-refractivity contribution in [3.8, 4) is 0 Å². The molecule has 21 heavy (non-hydrogen) atoms. The van der Waals surface area contributed by atoms with Crippen molar-refractivity contribution in [3.05, 3.63) is 54.0 Å². The van der Waals surface area contributed by atoms with E-state index in [0.717, 1.165) is 11.3 Å². The molecule has 0 radical (unpaired) electrons. The summed E-state index contributed by atoms with van der Waals surface area (Å²) in [5.74, 6) is 0.726. The first-order valence-electron chi connectivity index (χ1n) is 7.03. The van der Waals surface area contributed by atoms with Crippen molar-refractivity contribution in [1.82, 2.24) is 14.9 Å². The van der Waals surface area contributed by atoms with Crippen LogP contribution in [0, 0.1) is 6.92 Å². The molecular weight excluding hydrogens is 264 g/mol. The number of aromatic nitrogens is 2. The van der Waals surface area contributed by atoms with E-state index in [2.05, 4.69) is 15.3 Å². The predicted octanol–water partition coefficient (Wildman–Crippen LogP) is 2.25. The van der Waals surface area contributed by atoms with E-state index in [-0.39, 0.29) is 12.5 Å². The summed E-state index contributed by atoms with van der Waals surface area (Å²) in [5, 5.41) is 3.04. The maximum atomic E-state index is 12.3. The number of carbonyl (C=O) groups is 1. The third-order valence-electron chi connectivity index (χ3n) is 3.18. The van der Waals surface area contributed by atoms with Crippen molar-refractivity contribution in [2.75, 3.05) is 18.4 Å². The topological polar surface area (TPSA) is 58.1 Å². The molecule has 5 heteroatoms. The molecule has 1 aromatic carbocycles. The number of carbonyl (C=O) groups excluding carboxylic acids is 1. The molecule has 110 valence electrons. The van der Waals surface area contributed by atoms with E-state index >= 15 is 0 Å². The monoisotopic (exact) mass is 284 g/mol. The molecule has 5 nitrogen and oxygen atoms in total. The van der Waals surface area contributed by atoms with Gasteiger partial charge in [-0.05, 0) is 19.4 Å². The number of nitrogens with one attached hydrogen (secondary N) is 1. The maximum absolute atomic E-state index is 12.3. The van der Waals surface area contributed by atoms with Gasteiger partial charge in [-0.2, -0.15) is 0 Å². The number of hydrogen-bond acceptors (Lipinski definition) is 4. The summed E-state index contributed by atoms with van der Waals surface area (Å²) in [6, 6.07) is 11.8. The molecule has 2 aromatic rings. The largest absolute Gasteiger partial charge is 0.361 e. The molecule has 0 saturated carbocycles. The van der Waals surface area contributed by atoms with Crippen LogP contribution in [0.4, 0.5) is 5.82 Å². The minimum atomic E-state index is 0.0534. The lowest BCUT2D eigenvalue weighted by Crippen LogP contribution is -2.35. The number of aryl methyl sites for hydroxylation is 1. The summed E-state index contributed by atoms with van der Waals surface area (Å²) in [4.78, 5) is 22.2. The van der Waals surface area contributed by atoms with Crippen LogP contribution in [0.15, 0.2) is 42.7 Å². The Labute approximate surface area is 125 Å². The van der Waals surface area contributed by atoms with Gasteiger partial charge in [-0.1, -0.05) is 30.3 Å². The second-order valence-corrected chi connectivity index (χ2v) is 4.79. The Hall–Kier alpha value is -2.43. The molecule has 0 saturated heterocycles. The number of hydrogen-bond donors (Lipinski definition) is 1. The normalized spacial score (nSPS) is 10.2. The van der Waals surface area contributed by atoms with E-state index in [1.54, 1.807) is 0 Å². The summed E-state index contributed by atoms with van der Waals surface area (Å²) in [6.07, 6.45) is 1.49. The Morgan fingerprint density at radius 3 is 2.67 bits per heavy atom. The highest BCUT2D eigenvalue weighted by atomic mass is 16.2. The smallest absolute Gasteiger partial charge is 0.242 e. The summed E-state index contributed by atoms with van der Waals surface area (Å²) < 4.78 is 0. The molecule has 0 aliphatic heterocycles. The van der Waals surface area contributed by atoms with Crippen molar-refractivity contribution in [1.29, 1.82) is 0 Å². The highest BCUT2D eigenvalue weighted by Gasteiger charge is 2.12. The summed E-state index contributed by atoms with van der Waals surface area (Å²) in [7, 11) is 0. The Bertz CT molecular complexity index is 586. The number of amides is 1. The van der Waals surface area contributed by atoms with Crippen molar-refractivity contribution < 1.29 is 4.79 Å². The number of rotatable bonds is 6. The SMILES string of the molecule is CCN(Cc1ccccc1)C(=O)CNc1cc(C)ncn1. The Morgan fingerprint density at radius 2 is 2.00 bits per heavy atom. The molecule has 1 amide bonds. The fourth-order valence-electron chi connectivity index (χ4n) is 2.01. The Balaban J connectivity index is 1.91. The van der Waals surface area contributed by atoms with Gasteiger partial charge in [0, 0.05) is 24.8 Å². The third-order valence-corrected chi connectivity index (χ3v) is 3.18. The molecule has 1 N–H and O–H groups in total. The highest BCUT2D eigenvalue weighted by molar-refractivity contribution is 5.80. The average Bonchev–Trinajstić information content (AvgIpc) is 2.51. The first kappa shape index (κ1) is 15.0. The molecule has 2 rings (SSSR count). The van der Waals surface area contributed by atoms with Crippen LogP contribution in [0.1, 0.15) is 18.2 Å². The number of nitrogens with zero attached hydrogens (tertiary/aromatic N) is 3. The molecule has 0 aliphatic carbocycles. The second kappa shape index (κ2) is 7.38. The fourth-order valence-corrected chi connectivity index (χ4v) is 2.01. The lowest BCUT2D eigenvalue weighted by atomic mass is 10.2. The molecule has 0 spiro atoms. The molecule has 0 bridgehead atoms. The molecule has 0 fully saturated rings. The van der Waals surface area contributed by atoms with E-state index in [4.69, 9.17) is 0 Å². The van der Waals surface area contributed by atoms with Crippen LogP contribution in [0.25, 0.3) is 0 Å². The van der Waals surface area contributed by atoms with Crippen LogP contribution in [-0.4, -0.2) is 33.9 Å².